The van der Waals surface area contributed by atoms with Crippen LogP contribution >= 0.6 is 0 Å². The predicted molar refractivity (Wildman–Crippen MR) is 215 cm³/mol. The lowest BCUT2D eigenvalue weighted by Gasteiger charge is -2.28. The van der Waals surface area contributed by atoms with Crippen molar-refractivity contribution < 1.29 is 57.1 Å². The second-order valence-electron chi connectivity index (χ2n) is 16.5. The summed E-state index contributed by atoms with van der Waals surface area (Å²) in [6.07, 6.45) is 20.0. The van der Waals surface area contributed by atoms with Crippen molar-refractivity contribution in [1.82, 2.24) is 0 Å². The van der Waals surface area contributed by atoms with Crippen LogP contribution in [0.2, 0.25) is 0 Å². The molecule has 0 aromatic rings. The molecule has 0 bridgehead atoms. The van der Waals surface area contributed by atoms with Crippen molar-refractivity contribution in [3.05, 3.63) is 11.6 Å². The molecule has 0 N–H and O–H groups in total. The molecule has 3 aliphatic rings. The van der Waals surface area contributed by atoms with Gasteiger partial charge in [-0.25, -0.2) is 4.79 Å². The highest BCUT2D eigenvalue weighted by Gasteiger charge is 2.43. The Morgan fingerprint density at radius 2 is 1.04 bits per heavy atom. The van der Waals surface area contributed by atoms with E-state index in [1.165, 1.54) is 34.1 Å². The van der Waals surface area contributed by atoms with E-state index in [9.17, 15) is 24.0 Å². The molecule has 0 aromatic carbocycles. The number of rotatable bonds is 29. The minimum absolute atomic E-state index is 0.108. The van der Waals surface area contributed by atoms with Gasteiger partial charge in [-0.3, -0.25) is 19.2 Å². The van der Waals surface area contributed by atoms with Crippen LogP contribution in [-0.2, 0) is 57.1 Å². The Labute approximate surface area is 342 Å². The van der Waals surface area contributed by atoms with Crippen LogP contribution in [0.15, 0.2) is 11.6 Å². The summed E-state index contributed by atoms with van der Waals surface area (Å²) in [7, 11) is 0. The quantitative estimate of drug-likeness (QED) is 0.0403. The molecular formula is C45H74O12. The molecule has 1 unspecified atom stereocenters. The lowest BCUT2D eigenvalue weighted by Crippen LogP contribution is -2.36. The summed E-state index contributed by atoms with van der Waals surface area (Å²) >= 11 is 0. The zero-order valence-corrected chi connectivity index (χ0v) is 35.9. The number of hydrogen-bond donors (Lipinski definition) is 0. The second kappa shape index (κ2) is 26.9. The molecule has 12 heteroatoms. The molecule has 3 heterocycles. The van der Waals surface area contributed by atoms with Crippen LogP contribution in [-0.4, -0.2) is 84.8 Å². The normalized spacial score (nSPS) is 23.9. The molecule has 0 saturated carbocycles. The number of hydrogen-bond acceptors (Lipinski definition) is 12. The molecule has 2 saturated heterocycles. The Balaban J connectivity index is 1.42. The average molecular weight is 807 g/mol. The first kappa shape index (κ1) is 48.4. The Kier molecular flexibility index (Phi) is 22.8. The van der Waals surface area contributed by atoms with Gasteiger partial charge in [0.05, 0.1) is 24.4 Å². The summed E-state index contributed by atoms with van der Waals surface area (Å²) in [5.41, 5.74) is 0.806. The van der Waals surface area contributed by atoms with Gasteiger partial charge < -0.3 is 33.2 Å². The largest absolute Gasteiger partial charge is 0.463 e. The van der Waals surface area contributed by atoms with E-state index in [1.807, 2.05) is 13.0 Å². The van der Waals surface area contributed by atoms with E-state index in [-0.39, 0.29) is 72.6 Å². The van der Waals surface area contributed by atoms with Crippen LogP contribution in [0.4, 0.5) is 0 Å². The van der Waals surface area contributed by atoms with Gasteiger partial charge in [0.15, 0.2) is 0 Å². The zero-order chi connectivity index (χ0) is 41.6. The van der Waals surface area contributed by atoms with Crippen LogP contribution in [0.3, 0.4) is 0 Å². The van der Waals surface area contributed by atoms with E-state index in [0.717, 1.165) is 121 Å². The van der Waals surface area contributed by atoms with Crippen molar-refractivity contribution in [3.8, 4) is 0 Å². The number of cyclic esters (lactones) is 1. The highest BCUT2D eigenvalue weighted by molar-refractivity contribution is 5.90. The van der Waals surface area contributed by atoms with Crippen LogP contribution in [0.5, 0.6) is 0 Å². The average Bonchev–Trinajstić information content (AvgIpc) is 3.90. The SMILES string of the molecule is CCCCCC[C@@H](CCC[C@H](OC(C)=O)[C@H]1CC[C@@H]([C@H]2CC[C@H]([C@@H](CC[C@@H](CCCCCCCCCC3=CC(C)OC3=O)OC(C)=O)OC(C)=O)O2)O1)OC(C)=O. The van der Waals surface area contributed by atoms with E-state index >= 15 is 0 Å². The molecule has 3 rings (SSSR count). The van der Waals surface area contributed by atoms with Crippen LogP contribution < -0.4 is 0 Å². The minimum Gasteiger partial charge on any atom is -0.463 e. The molecule has 2 fully saturated rings. The predicted octanol–water partition coefficient (Wildman–Crippen LogP) is 9.11. The lowest BCUT2D eigenvalue weighted by molar-refractivity contribution is -0.165. The highest BCUT2D eigenvalue weighted by atomic mass is 16.6. The number of ether oxygens (including phenoxy) is 7. The number of carbonyl (C=O) groups is 5. The Hall–Kier alpha value is -2.99. The van der Waals surface area contributed by atoms with Gasteiger partial charge in [0, 0.05) is 33.3 Å². The molecule has 0 spiro atoms. The van der Waals surface area contributed by atoms with Gasteiger partial charge in [-0.05, 0) is 109 Å². The minimum atomic E-state index is -0.464. The molecule has 0 aromatic heterocycles. The third-order valence-corrected chi connectivity index (χ3v) is 11.3. The Morgan fingerprint density at radius 1 is 0.579 bits per heavy atom. The summed E-state index contributed by atoms with van der Waals surface area (Å²) < 4.78 is 41.1. The summed E-state index contributed by atoms with van der Waals surface area (Å²) in [6.45, 7) is 9.76. The van der Waals surface area contributed by atoms with Crippen molar-refractivity contribution in [2.24, 2.45) is 0 Å². The summed E-state index contributed by atoms with van der Waals surface area (Å²) in [6, 6.07) is 0. The first-order valence-electron chi connectivity index (χ1n) is 22.3. The molecule has 0 amide bonds. The third kappa shape index (κ3) is 19.5. The van der Waals surface area contributed by atoms with Gasteiger partial charge in [-0.15, -0.1) is 0 Å². The Morgan fingerprint density at radius 3 is 1.53 bits per heavy atom. The Bertz CT molecular complexity index is 1260. The van der Waals surface area contributed by atoms with E-state index in [2.05, 4.69) is 6.92 Å². The molecule has 0 aliphatic carbocycles. The van der Waals surface area contributed by atoms with Crippen LogP contribution in [0.1, 0.15) is 189 Å². The first-order chi connectivity index (χ1) is 27.3. The van der Waals surface area contributed by atoms with Gasteiger partial charge in [0.2, 0.25) is 0 Å². The van der Waals surface area contributed by atoms with E-state index < -0.39 is 12.2 Å². The van der Waals surface area contributed by atoms with Crippen molar-refractivity contribution in [3.63, 3.8) is 0 Å². The zero-order valence-electron chi connectivity index (χ0n) is 35.9. The maximum Gasteiger partial charge on any atom is 0.334 e. The van der Waals surface area contributed by atoms with Crippen molar-refractivity contribution in [1.29, 1.82) is 0 Å². The fourth-order valence-corrected chi connectivity index (χ4v) is 8.62. The van der Waals surface area contributed by atoms with Gasteiger partial charge >= 0.3 is 29.8 Å². The lowest BCUT2D eigenvalue weighted by atomic mass is 9.98. The molecule has 9 atom stereocenters. The fourth-order valence-electron chi connectivity index (χ4n) is 8.62. The number of unbranched alkanes of at least 4 members (excludes halogenated alkanes) is 9. The van der Waals surface area contributed by atoms with Crippen molar-refractivity contribution in [2.45, 2.75) is 244 Å². The second-order valence-corrected chi connectivity index (χ2v) is 16.5. The van der Waals surface area contributed by atoms with Crippen molar-refractivity contribution in [2.75, 3.05) is 0 Å². The van der Waals surface area contributed by atoms with Crippen molar-refractivity contribution >= 4 is 29.8 Å². The van der Waals surface area contributed by atoms with Crippen LogP contribution in [0.25, 0.3) is 0 Å². The summed E-state index contributed by atoms with van der Waals surface area (Å²) in [5, 5.41) is 0. The topological polar surface area (TPSA) is 150 Å². The standard InChI is InChI=1S/C45H74O12/c1-7-8-9-16-20-37(52-32(3)46)22-18-23-39(54-34(5)48)41-26-28-43(56-41)44-29-27-42(57-44)40(55-35(6)49)25-24-38(53-33(4)47)21-17-14-12-10-11-13-15-19-36-30-31(2)51-45(36)50/h30-31,37-44H,7-29H2,1-6H3/t31?,37-,38+,39-,40+,41+,42+,43-,44+/m0/s1. The highest BCUT2D eigenvalue weighted by Crippen LogP contribution is 2.36. The fraction of sp³-hybridized carbons (Fsp3) is 0.844. The number of carbonyl (C=O) groups excluding carboxylic acids is 5. The van der Waals surface area contributed by atoms with Gasteiger partial charge in [0.1, 0.15) is 30.5 Å². The monoisotopic (exact) mass is 807 g/mol. The van der Waals surface area contributed by atoms with Gasteiger partial charge in [-0.2, -0.15) is 0 Å². The number of esters is 5. The van der Waals surface area contributed by atoms with E-state index in [0.29, 0.717) is 25.7 Å². The van der Waals surface area contributed by atoms with Gasteiger partial charge in [0.25, 0.3) is 0 Å². The molecule has 57 heavy (non-hydrogen) atoms. The smallest absolute Gasteiger partial charge is 0.334 e. The van der Waals surface area contributed by atoms with E-state index in [1.54, 1.807) is 0 Å². The molecular weight excluding hydrogens is 732 g/mol. The van der Waals surface area contributed by atoms with E-state index in [4.69, 9.17) is 33.2 Å². The molecule has 12 nitrogen and oxygen atoms in total. The maximum absolute atomic E-state index is 12.2. The van der Waals surface area contributed by atoms with Crippen LogP contribution in [0, 0.1) is 0 Å². The molecule has 3 aliphatic heterocycles. The summed E-state index contributed by atoms with van der Waals surface area (Å²) in [5.74, 6) is -1.48. The molecule has 326 valence electrons. The first-order valence-corrected chi connectivity index (χ1v) is 22.3. The summed E-state index contributed by atoms with van der Waals surface area (Å²) in [4.78, 5) is 59.8. The van der Waals surface area contributed by atoms with Gasteiger partial charge in [-0.1, -0.05) is 58.3 Å². The third-order valence-electron chi connectivity index (χ3n) is 11.3. The maximum atomic E-state index is 12.2. The molecule has 0 radical (unpaired) electrons.